The molecule has 2 nitrogen and oxygen atoms in total. The number of hydrogen-bond acceptors (Lipinski definition) is 1. The molecule has 0 radical (unpaired) electrons. The molecule has 0 atom stereocenters. The highest BCUT2D eigenvalue weighted by Crippen LogP contribution is 2.22. The second-order valence-electron chi connectivity index (χ2n) is 3.21. The number of benzene rings is 1. The largest absolute Gasteiger partial charge is 0.349 e. The molecule has 0 heterocycles. The summed E-state index contributed by atoms with van der Waals surface area (Å²) < 4.78 is 0. The number of amides is 1. The van der Waals surface area contributed by atoms with Gasteiger partial charge in [-0.3, -0.25) is 4.79 Å². The molecule has 0 bridgehead atoms. The molecule has 0 saturated heterocycles. The van der Waals surface area contributed by atoms with Crippen molar-refractivity contribution in [3.8, 4) is 0 Å². The van der Waals surface area contributed by atoms with E-state index in [4.69, 9.17) is 23.2 Å². The molecule has 4 heteroatoms. The molecular formula is C10H11Cl2NO. The molecule has 1 rings (SSSR count). The van der Waals surface area contributed by atoms with Crippen LogP contribution in [0.3, 0.4) is 0 Å². The molecular weight excluding hydrogens is 221 g/mol. The van der Waals surface area contributed by atoms with Gasteiger partial charge in [0.1, 0.15) is 0 Å². The first-order valence-electron chi connectivity index (χ1n) is 4.15. The normalized spacial score (nSPS) is 10.0. The third kappa shape index (κ3) is 2.89. The van der Waals surface area contributed by atoms with Gasteiger partial charge in [0.2, 0.25) is 5.91 Å². The van der Waals surface area contributed by atoms with Gasteiger partial charge in [-0.2, -0.15) is 0 Å². The summed E-state index contributed by atoms with van der Waals surface area (Å²) in [6, 6.07) is 5.21. The van der Waals surface area contributed by atoms with Gasteiger partial charge in [0.25, 0.3) is 0 Å². The van der Waals surface area contributed by atoms with Crippen molar-refractivity contribution >= 4 is 29.1 Å². The Bertz CT molecular complexity index is 350. The molecule has 0 saturated carbocycles. The Morgan fingerprint density at radius 1 is 1.29 bits per heavy atom. The number of hydrogen-bond donors (Lipinski definition) is 0. The lowest BCUT2D eigenvalue weighted by Crippen LogP contribution is -2.23. The van der Waals surface area contributed by atoms with Crippen LogP contribution in [-0.4, -0.2) is 24.9 Å². The Hall–Kier alpha value is -0.730. The zero-order valence-corrected chi connectivity index (χ0v) is 9.56. The first-order chi connectivity index (χ1) is 6.50. The molecule has 0 aliphatic carbocycles. The van der Waals surface area contributed by atoms with Crippen LogP contribution in [0, 0.1) is 0 Å². The number of carbonyl (C=O) groups excluding carboxylic acids is 1. The van der Waals surface area contributed by atoms with E-state index in [0.29, 0.717) is 16.5 Å². The minimum absolute atomic E-state index is 0.0448. The fraction of sp³-hybridized carbons (Fsp3) is 0.300. The van der Waals surface area contributed by atoms with Crippen LogP contribution in [0.5, 0.6) is 0 Å². The van der Waals surface area contributed by atoms with Gasteiger partial charge < -0.3 is 4.90 Å². The summed E-state index contributed by atoms with van der Waals surface area (Å²) in [5.41, 5.74) is 0.873. The van der Waals surface area contributed by atoms with Crippen LogP contribution in [0.15, 0.2) is 18.2 Å². The molecule has 0 unspecified atom stereocenters. The lowest BCUT2D eigenvalue weighted by molar-refractivity contribution is -0.127. The maximum absolute atomic E-state index is 11.4. The first kappa shape index (κ1) is 11.3. The van der Waals surface area contributed by atoms with E-state index in [9.17, 15) is 4.79 Å². The van der Waals surface area contributed by atoms with Gasteiger partial charge in [0, 0.05) is 14.1 Å². The molecule has 1 aromatic rings. The van der Waals surface area contributed by atoms with Crippen LogP contribution in [0.2, 0.25) is 10.0 Å². The summed E-state index contributed by atoms with van der Waals surface area (Å²) in [7, 11) is 3.44. The summed E-state index contributed by atoms with van der Waals surface area (Å²) in [6.07, 6.45) is 0.351. The zero-order chi connectivity index (χ0) is 10.7. The SMILES string of the molecule is CN(C)C(=O)Cc1ccc(Cl)c(Cl)c1. The minimum atomic E-state index is 0.0448. The van der Waals surface area contributed by atoms with Crippen molar-refractivity contribution in [2.24, 2.45) is 0 Å². The lowest BCUT2D eigenvalue weighted by Gasteiger charge is -2.10. The van der Waals surface area contributed by atoms with E-state index in [1.54, 1.807) is 37.2 Å². The van der Waals surface area contributed by atoms with Crippen molar-refractivity contribution in [2.75, 3.05) is 14.1 Å². The monoisotopic (exact) mass is 231 g/mol. The van der Waals surface area contributed by atoms with Crippen LogP contribution < -0.4 is 0 Å². The molecule has 14 heavy (non-hydrogen) atoms. The van der Waals surface area contributed by atoms with Crippen LogP contribution in [0.25, 0.3) is 0 Å². The Morgan fingerprint density at radius 3 is 2.43 bits per heavy atom. The Kier molecular flexibility index (Phi) is 3.78. The van der Waals surface area contributed by atoms with Crippen LogP contribution in [-0.2, 0) is 11.2 Å². The van der Waals surface area contributed by atoms with Gasteiger partial charge >= 0.3 is 0 Å². The predicted molar refractivity (Wildman–Crippen MR) is 58.9 cm³/mol. The third-order valence-electron chi connectivity index (χ3n) is 1.84. The Labute approximate surface area is 93.4 Å². The molecule has 0 aliphatic heterocycles. The van der Waals surface area contributed by atoms with Gasteiger partial charge in [-0.25, -0.2) is 0 Å². The molecule has 1 aromatic carbocycles. The van der Waals surface area contributed by atoms with E-state index < -0.39 is 0 Å². The van der Waals surface area contributed by atoms with E-state index in [0.717, 1.165) is 5.56 Å². The summed E-state index contributed by atoms with van der Waals surface area (Å²) in [5, 5.41) is 0.989. The van der Waals surface area contributed by atoms with E-state index in [2.05, 4.69) is 0 Å². The number of rotatable bonds is 2. The van der Waals surface area contributed by atoms with Gasteiger partial charge in [-0.15, -0.1) is 0 Å². The van der Waals surface area contributed by atoms with E-state index in [-0.39, 0.29) is 5.91 Å². The fourth-order valence-corrected chi connectivity index (χ4v) is 1.30. The van der Waals surface area contributed by atoms with E-state index in [1.807, 2.05) is 0 Å². The predicted octanol–water partition coefficient (Wildman–Crippen LogP) is 2.62. The Morgan fingerprint density at radius 2 is 1.93 bits per heavy atom. The molecule has 76 valence electrons. The summed E-state index contributed by atoms with van der Waals surface area (Å²) in [5.74, 6) is 0.0448. The Balaban J connectivity index is 2.78. The molecule has 0 aromatic heterocycles. The van der Waals surface area contributed by atoms with Gasteiger partial charge in [-0.1, -0.05) is 29.3 Å². The quantitative estimate of drug-likeness (QED) is 0.767. The fourth-order valence-electron chi connectivity index (χ4n) is 0.982. The lowest BCUT2D eigenvalue weighted by atomic mass is 10.1. The first-order valence-corrected chi connectivity index (χ1v) is 4.90. The second kappa shape index (κ2) is 4.67. The van der Waals surface area contributed by atoms with Crippen LogP contribution >= 0.6 is 23.2 Å². The van der Waals surface area contributed by atoms with E-state index >= 15 is 0 Å². The maximum Gasteiger partial charge on any atom is 0.226 e. The van der Waals surface area contributed by atoms with Gasteiger partial charge in [0.15, 0.2) is 0 Å². The molecule has 1 amide bonds. The topological polar surface area (TPSA) is 20.3 Å². The second-order valence-corrected chi connectivity index (χ2v) is 4.03. The average molecular weight is 232 g/mol. The van der Waals surface area contributed by atoms with Crippen molar-refractivity contribution in [1.82, 2.24) is 4.90 Å². The van der Waals surface area contributed by atoms with Gasteiger partial charge in [0.05, 0.1) is 16.5 Å². The number of halogens is 2. The third-order valence-corrected chi connectivity index (χ3v) is 2.58. The zero-order valence-electron chi connectivity index (χ0n) is 8.05. The average Bonchev–Trinajstić information content (AvgIpc) is 2.11. The van der Waals surface area contributed by atoms with Crippen molar-refractivity contribution in [2.45, 2.75) is 6.42 Å². The van der Waals surface area contributed by atoms with Crippen molar-refractivity contribution in [3.05, 3.63) is 33.8 Å². The minimum Gasteiger partial charge on any atom is -0.349 e. The van der Waals surface area contributed by atoms with Gasteiger partial charge in [-0.05, 0) is 17.7 Å². The van der Waals surface area contributed by atoms with Crippen LogP contribution in [0.4, 0.5) is 0 Å². The smallest absolute Gasteiger partial charge is 0.226 e. The van der Waals surface area contributed by atoms with E-state index in [1.165, 1.54) is 0 Å². The summed E-state index contributed by atoms with van der Waals surface area (Å²) >= 11 is 11.6. The highest BCUT2D eigenvalue weighted by atomic mass is 35.5. The highest BCUT2D eigenvalue weighted by Gasteiger charge is 2.06. The molecule has 0 aliphatic rings. The standard InChI is InChI=1S/C10H11Cl2NO/c1-13(2)10(14)6-7-3-4-8(11)9(12)5-7/h3-5H,6H2,1-2H3. The molecule has 0 fully saturated rings. The summed E-state index contributed by atoms with van der Waals surface area (Å²) in [4.78, 5) is 12.9. The number of nitrogens with zero attached hydrogens (tertiary/aromatic N) is 1. The number of likely N-dealkylation sites (N-methyl/N-ethyl adjacent to an activating group) is 1. The highest BCUT2D eigenvalue weighted by molar-refractivity contribution is 6.42. The van der Waals surface area contributed by atoms with Crippen molar-refractivity contribution in [3.63, 3.8) is 0 Å². The van der Waals surface area contributed by atoms with Crippen LogP contribution in [0.1, 0.15) is 5.56 Å². The molecule has 0 spiro atoms. The van der Waals surface area contributed by atoms with Crippen molar-refractivity contribution < 1.29 is 4.79 Å². The maximum atomic E-state index is 11.4. The van der Waals surface area contributed by atoms with Crippen molar-refractivity contribution in [1.29, 1.82) is 0 Å². The summed E-state index contributed by atoms with van der Waals surface area (Å²) in [6.45, 7) is 0. The molecule has 0 N–H and O–H groups in total. The number of carbonyl (C=O) groups is 1.